The van der Waals surface area contributed by atoms with Crippen molar-refractivity contribution in [1.82, 2.24) is 14.9 Å². The van der Waals surface area contributed by atoms with Crippen molar-refractivity contribution in [2.45, 2.75) is 18.9 Å². The monoisotopic (exact) mass is 364 g/mol. The molecular formula is C20H17FN4O2. The number of methoxy groups -OCH3 is 1. The Bertz CT molecular complexity index is 1110. The number of halogens is 1. The zero-order valence-electron chi connectivity index (χ0n) is 14.7. The van der Waals surface area contributed by atoms with E-state index in [1.807, 2.05) is 6.07 Å². The van der Waals surface area contributed by atoms with E-state index in [1.165, 1.54) is 10.6 Å². The van der Waals surface area contributed by atoms with Crippen LogP contribution in [0.1, 0.15) is 30.3 Å². The molecule has 27 heavy (non-hydrogen) atoms. The smallest absolute Gasteiger partial charge is 0.266 e. The van der Waals surface area contributed by atoms with Crippen LogP contribution in [0.2, 0.25) is 0 Å². The van der Waals surface area contributed by atoms with E-state index < -0.39 is 11.4 Å². The zero-order chi connectivity index (χ0) is 19.0. The van der Waals surface area contributed by atoms with Crippen molar-refractivity contribution in [1.29, 1.82) is 5.26 Å². The van der Waals surface area contributed by atoms with Crippen LogP contribution < -0.4 is 15.6 Å². The van der Waals surface area contributed by atoms with Gasteiger partial charge in [0.15, 0.2) is 5.82 Å². The van der Waals surface area contributed by atoms with E-state index in [1.54, 1.807) is 31.4 Å². The average Bonchev–Trinajstić information content (AvgIpc) is 3.23. The van der Waals surface area contributed by atoms with Crippen molar-refractivity contribution in [3.8, 4) is 17.5 Å². The van der Waals surface area contributed by atoms with E-state index in [2.05, 4.69) is 10.3 Å². The summed E-state index contributed by atoms with van der Waals surface area (Å²) in [7, 11) is 1.57. The van der Waals surface area contributed by atoms with Gasteiger partial charge in [-0.15, -0.1) is 0 Å². The number of ether oxygens (including phenoxy) is 1. The Morgan fingerprint density at radius 1 is 1.33 bits per heavy atom. The van der Waals surface area contributed by atoms with Crippen LogP contribution in [0.15, 0.2) is 41.2 Å². The largest absolute Gasteiger partial charge is 0.497 e. The number of nitrogens with zero attached hydrogens (tertiary/aromatic N) is 3. The summed E-state index contributed by atoms with van der Waals surface area (Å²) in [5.74, 6) is 0.472. The van der Waals surface area contributed by atoms with E-state index in [4.69, 9.17) is 10.00 Å². The first-order chi connectivity index (χ1) is 13.1. The first-order valence-electron chi connectivity index (χ1n) is 8.66. The Hall–Kier alpha value is -3.24. The molecule has 7 heteroatoms. The van der Waals surface area contributed by atoms with Gasteiger partial charge in [-0.3, -0.25) is 9.36 Å². The van der Waals surface area contributed by atoms with Gasteiger partial charge < -0.3 is 10.1 Å². The summed E-state index contributed by atoms with van der Waals surface area (Å²) in [4.78, 5) is 17.8. The third kappa shape index (κ3) is 2.94. The van der Waals surface area contributed by atoms with E-state index in [-0.39, 0.29) is 22.5 Å². The number of nitrogens with one attached hydrogen (secondary N) is 1. The number of hydrogen-bond donors (Lipinski definition) is 1. The molecule has 0 amide bonds. The van der Waals surface area contributed by atoms with Gasteiger partial charge >= 0.3 is 0 Å². The Morgan fingerprint density at radius 2 is 2.11 bits per heavy atom. The maximum atomic E-state index is 14.5. The van der Waals surface area contributed by atoms with Gasteiger partial charge in [0.05, 0.1) is 35.9 Å². The second-order valence-electron chi connectivity index (χ2n) is 6.42. The molecule has 1 N–H and O–H groups in total. The molecule has 0 saturated carbocycles. The van der Waals surface area contributed by atoms with Gasteiger partial charge in [0, 0.05) is 0 Å². The van der Waals surface area contributed by atoms with Gasteiger partial charge in [-0.1, -0.05) is 0 Å². The van der Waals surface area contributed by atoms with Crippen molar-refractivity contribution in [3.05, 3.63) is 64.0 Å². The molecule has 0 unspecified atom stereocenters. The second-order valence-corrected chi connectivity index (χ2v) is 6.42. The third-order valence-corrected chi connectivity index (χ3v) is 4.78. The van der Waals surface area contributed by atoms with E-state index in [0.717, 1.165) is 25.5 Å². The Balaban J connectivity index is 2.04. The minimum atomic E-state index is -0.665. The van der Waals surface area contributed by atoms with E-state index in [9.17, 15) is 9.18 Å². The summed E-state index contributed by atoms with van der Waals surface area (Å²) in [6.45, 7) is 0.817. The van der Waals surface area contributed by atoms with Crippen LogP contribution in [-0.4, -0.2) is 23.2 Å². The van der Waals surface area contributed by atoms with Gasteiger partial charge in [-0.25, -0.2) is 9.37 Å². The summed E-state index contributed by atoms with van der Waals surface area (Å²) in [5.41, 5.74) is 0.297. The summed E-state index contributed by atoms with van der Waals surface area (Å²) in [6.07, 6.45) is 1.77. The van der Waals surface area contributed by atoms with Crippen LogP contribution in [0.25, 0.3) is 16.6 Å². The number of hydrogen-bond acceptors (Lipinski definition) is 5. The molecule has 6 nitrogen and oxygen atoms in total. The maximum absolute atomic E-state index is 14.5. The fraction of sp³-hybridized carbons (Fsp3) is 0.250. The van der Waals surface area contributed by atoms with Crippen molar-refractivity contribution in [2.24, 2.45) is 0 Å². The van der Waals surface area contributed by atoms with Crippen LogP contribution in [0, 0.1) is 17.1 Å². The molecule has 1 atom stereocenters. The Morgan fingerprint density at radius 3 is 2.74 bits per heavy atom. The lowest BCUT2D eigenvalue weighted by atomic mass is 10.1. The van der Waals surface area contributed by atoms with Gasteiger partial charge in [0.1, 0.15) is 17.1 Å². The average molecular weight is 364 g/mol. The van der Waals surface area contributed by atoms with Crippen LogP contribution in [0.3, 0.4) is 0 Å². The number of benzene rings is 2. The Kier molecular flexibility index (Phi) is 4.34. The summed E-state index contributed by atoms with van der Waals surface area (Å²) in [5, 5.41) is 12.5. The summed E-state index contributed by atoms with van der Waals surface area (Å²) >= 11 is 0. The minimum Gasteiger partial charge on any atom is -0.497 e. The molecule has 1 aromatic heterocycles. The van der Waals surface area contributed by atoms with Gasteiger partial charge in [-0.05, 0) is 55.8 Å². The molecule has 4 rings (SSSR count). The highest BCUT2D eigenvalue weighted by Gasteiger charge is 2.25. The number of rotatable bonds is 3. The number of fused-ring (bicyclic) bond motifs is 1. The molecule has 1 fully saturated rings. The summed E-state index contributed by atoms with van der Waals surface area (Å²) < 4.78 is 21.2. The highest BCUT2D eigenvalue weighted by atomic mass is 19.1. The molecule has 3 aromatic rings. The summed E-state index contributed by atoms with van der Waals surface area (Å²) in [6, 6.07) is 11.3. The first kappa shape index (κ1) is 17.2. The molecule has 1 aliphatic rings. The molecule has 0 aliphatic carbocycles. The van der Waals surface area contributed by atoms with Crippen LogP contribution in [-0.2, 0) is 0 Å². The lowest BCUT2D eigenvalue weighted by molar-refractivity contribution is 0.414. The fourth-order valence-electron chi connectivity index (χ4n) is 3.45. The van der Waals surface area contributed by atoms with Crippen molar-refractivity contribution in [2.75, 3.05) is 13.7 Å². The Labute approximate surface area is 154 Å². The van der Waals surface area contributed by atoms with E-state index in [0.29, 0.717) is 17.3 Å². The minimum absolute atomic E-state index is 0.00698. The van der Waals surface area contributed by atoms with Crippen LogP contribution in [0.4, 0.5) is 4.39 Å². The molecule has 136 valence electrons. The quantitative estimate of drug-likeness (QED) is 0.773. The first-order valence-corrected chi connectivity index (χ1v) is 8.66. The predicted molar refractivity (Wildman–Crippen MR) is 98.5 cm³/mol. The molecule has 0 radical (unpaired) electrons. The molecule has 1 saturated heterocycles. The highest BCUT2D eigenvalue weighted by Crippen LogP contribution is 2.26. The predicted octanol–water partition coefficient (Wildman–Crippen LogP) is 2.83. The molecule has 2 heterocycles. The molecule has 2 aromatic carbocycles. The standard InChI is InChI=1S/C20H17FN4O2/c1-27-14-6-4-13(5-7-14)25-19(17-3-2-8-23-17)24-18-15(20(25)26)9-12(11-22)10-16(18)21/h4-7,9-10,17,23H,2-3,8H2,1H3/t17-/m1/s1. The normalized spacial score (nSPS) is 16.4. The number of nitriles is 1. The van der Waals surface area contributed by atoms with Crippen LogP contribution in [0.5, 0.6) is 5.75 Å². The highest BCUT2D eigenvalue weighted by molar-refractivity contribution is 5.80. The van der Waals surface area contributed by atoms with Crippen molar-refractivity contribution < 1.29 is 9.13 Å². The van der Waals surface area contributed by atoms with Gasteiger partial charge in [0.25, 0.3) is 5.56 Å². The lowest BCUT2D eigenvalue weighted by Gasteiger charge is -2.18. The topological polar surface area (TPSA) is 79.9 Å². The molecule has 1 aliphatic heterocycles. The van der Waals surface area contributed by atoms with Gasteiger partial charge in [0.2, 0.25) is 0 Å². The van der Waals surface area contributed by atoms with E-state index >= 15 is 0 Å². The second kappa shape index (κ2) is 6.82. The molecule has 0 bridgehead atoms. The van der Waals surface area contributed by atoms with Gasteiger partial charge in [-0.2, -0.15) is 5.26 Å². The number of aromatic nitrogens is 2. The fourth-order valence-corrected chi connectivity index (χ4v) is 3.45. The molecule has 0 spiro atoms. The van der Waals surface area contributed by atoms with Crippen molar-refractivity contribution >= 4 is 10.9 Å². The van der Waals surface area contributed by atoms with Crippen molar-refractivity contribution in [3.63, 3.8) is 0 Å². The SMILES string of the molecule is COc1ccc(-n2c([C@H]3CCCN3)nc3c(F)cc(C#N)cc3c2=O)cc1. The zero-order valence-corrected chi connectivity index (χ0v) is 14.7. The maximum Gasteiger partial charge on any atom is 0.266 e. The third-order valence-electron chi connectivity index (χ3n) is 4.78. The lowest BCUT2D eigenvalue weighted by Crippen LogP contribution is -2.29. The molecular weight excluding hydrogens is 347 g/mol. The van der Waals surface area contributed by atoms with Crippen LogP contribution >= 0.6 is 0 Å².